The third-order valence-corrected chi connectivity index (χ3v) is 3.37. The minimum atomic E-state index is -0.684. The Balaban J connectivity index is 2.31. The number of aliphatic hydroxyl groups excluding tert-OH is 1. The van der Waals surface area contributed by atoms with E-state index < -0.39 is 6.10 Å². The predicted molar refractivity (Wildman–Crippen MR) is 73.2 cm³/mol. The number of hydrogen-bond acceptors (Lipinski definition) is 4. The van der Waals surface area contributed by atoms with Gasteiger partial charge in [-0.25, -0.2) is 0 Å². The van der Waals surface area contributed by atoms with Gasteiger partial charge in [-0.3, -0.25) is 0 Å². The average Bonchev–Trinajstić information content (AvgIpc) is 2.86. The summed E-state index contributed by atoms with van der Waals surface area (Å²) in [6, 6.07) is 9.38. The van der Waals surface area contributed by atoms with Crippen molar-refractivity contribution in [2.45, 2.75) is 18.9 Å². The fourth-order valence-electron chi connectivity index (χ4n) is 2.24. The van der Waals surface area contributed by atoms with Crippen LogP contribution in [0.2, 0.25) is 0 Å². The number of ether oxygens (including phenoxy) is 1. The number of aliphatic hydroxyl groups is 1. The van der Waals surface area contributed by atoms with E-state index in [-0.39, 0.29) is 5.92 Å². The molecule has 1 aromatic carbocycles. The second kappa shape index (κ2) is 5.91. The molecule has 1 aromatic heterocycles. The Morgan fingerprint density at radius 3 is 2.74 bits per heavy atom. The van der Waals surface area contributed by atoms with Crippen molar-refractivity contribution in [1.29, 1.82) is 0 Å². The van der Waals surface area contributed by atoms with E-state index in [0.29, 0.717) is 12.3 Å². The molecule has 0 spiro atoms. The largest absolute Gasteiger partial charge is 0.497 e. The van der Waals surface area contributed by atoms with E-state index in [9.17, 15) is 5.11 Å². The number of methoxy groups -OCH3 is 1. The van der Waals surface area contributed by atoms with Crippen molar-refractivity contribution < 1.29 is 14.3 Å². The van der Waals surface area contributed by atoms with Crippen LogP contribution in [-0.4, -0.2) is 18.8 Å². The van der Waals surface area contributed by atoms with Gasteiger partial charge in [0.05, 0.1) is 19.5 Å². The lowest BCUT2D eigenvalue weighted by Gasteiger charge is -2.22. The van der Waals surface area contributed by atoms with Gasteiger partial charge in [-0.2, -0.15) is 0 Å². The molecular weight excluding hydrogens is 242 g/mol. The molecule has 102 valence electrons. The van der Waals surface area contributed by atoms with Crippen LogP contribution in [0.1, 0.15) is 28.9 Å². The monoisotopic (exact) mass is 261 g/mol. The third kappa shape index (κ3) is 2.80. The first-order valence-electron chi connectivity index (χ1n) is 6.23. The van der Waals surface area contributed by atoms with Crippen molar-refractivity contribution in [3.8, 4) is 5.75 Å². The number of hydrogen-bond donors (Lipinski definition) is 2. The molecule has 0 bridgehead atoms. The van der Waals surface area contributed by atoms with E-state index in [1.165, 1.54) is 0 Å². The molecule has 2 rings (SSSR count). The van der Waals surface area contributed by atoms with Crippen LogP contribution in [0.15, 0.2) is 41.0 Å². The Hall–Kier alpha value is -1.78. The van der Waals surface area contributed by atoms with Gasteiger partial charge in [-0.15, -0.1) is 0 Å². The lowest BCUT2D eigenvalue weighted by molar-refractivity contribution is 0.145. The summed E-state index contributed by atoms with van der Waals surface area (Å²) in [7, 11) is 1.62. The molecule has 0 aliphatic carbocycles. The summed E-state index contributed by atoms with van der Waals surface area (Å²) in [5.74, 6) is 1.28. The van der Waals surface area contributed by atoms with Gasteiger partial charge in [0, 0.05) is 18.0 Å². The van der Waals surface area contributed by atoms with Crippen LogP contribution < -0.4 is 10.5 Å². The zero-order valence-corrected chi connectivity index (χ0v) is 11.2. The summed E-state index contributed by atoms with van der Waals surface area (Å²) >= 11 is 0. The predicted octanol–water partition coefficient (Wildman–Crippen LogP) is 2.37. The van der Waals surface area contributed by atoms with E-state index >= 15 is 0 Å². The Labute approximate surface area is 112 Å². The van der Waals surface area contributed by atoms with Crippen molar-refractivity contribution in [2.24, 2.45) is 5.73 Å². The lowest BCUT2D eigenvalue weighted by atomic mass is 9.89. The number of benzene rings is 1. The molecule has 0 radical (unpaired) electrons. The summed E-state index contributed by atoms with van der Waals surface area (Å²) in [6.45, 7) is 2.18. The average molecular weight is 261 g/mol. The molecule has 2 atom stereocenters. The van der Waals surface area contributed by atoms with Crippen LogP contribution in [0.3, 0.4) is 0 Å². The quantitative estimate of drug-likeness (QED) is 0.867. The molecule has 0 amide bonds. The fraction of sp³-hybridized carbons (Fsp3) is 0.333. The normalized spacial score (nSPS) is 14.1. The fourth-order valence-corrected chi connectivity index (χ4v) is 2.24. The summed E-state index contributed by atoms with van der Waals surface area (Å²) in [6.07, 6.45) is 0.892. The van der Waals surface area contributed by atoms with Crippen molar-refractivity contribution in [3.05, 3.63) is 53.5 Å². The van der Waals surface area contributed by atoms with Gasteiger partial charge in [0.2, 0.25) is 0 Å². The molecule has 0 fully saturated rings. The Bertz CT molecular complexity index is 536. The highest BCUT2D eigenvalue weighted by Gasteiger charge is 2.24. The summed E-state index contributed by atoms with van der Waals surface area (Å²) in [4.78, 5) is 0. The van der Waals surface area contributed by atoms with E-state index in [1.807, 2.05) is 31.2 Å². The standard InChI is InChI=1S/C15H19NO3/c1-10-13(6-7-19-10)15(17)14(9-16)11-4-3-5-12(8-11)18-2/h3-8,14-15,17H,9,16H2,1-2H3. The topological polar surface area (TPSA) is 68.6 Å². The van der Waals surface area contributed by atoms with Gasteiger partial charge in [-0.05, 0) is 30.7 Å². The molecule has 1 heterocycles. The van der Waals surface area contributed by atoms with Gasteiger partial charge < -0.3 is 20.0 Å². The molecular formula is C15H19NO3. The molecule has 0 saturated carbocycles. The zero-order chi connectivity index (χ0) is 13.8. The van der Waals surface area contributed by atoms with E-state index in [0.717, 1.165) is 16.9 Å². The van der Waals surface area contributed by atoms with Crippen LogP contribution in [0, 0.1) is 6.92 Å². The van der Waals surface area contributed by atoms with Crippen LogP contribution in [-0.2, 0) is 0 Å². The number of furan rings is 1. The smallest absolute Gasteiger partial charge is 0.119 e. The highest BCUT2D eigenvalue weighted by atomic mass is 16.5. The minimum absolute atomic E-state index is 0.189. The van der Waals surface area contributed by atoms with Crippen LogP contribution in [0.4, 0.5) is 0 Å². The van der Waals surface area contributed by atoms with E-state index in [1.54, 1.807) is 19.4 Å². The molecule has 3 N–H and O–H groups in total. The number of rotatable bonds is 5. The van der Waals surface area contributed by atoms with Crippen molar-refractivity contribution >= 4 is 0 Å². The molecule has 0 saturated heterocycles. The van der Waals surface area contributed by atoms with Crippen LogP contribution in [0.25, 0.3) is 0 Å². The maximum Gasteiger partial charge on any atom is 0.119 e. The molecule has 2 unspecified atom stereocenters. The molecule has 4 heteroatoms. The Morgan fingerprint density at radius 1 is 1.37 bits per heavy atom. The van der Waals surface area contributed by atoms with E-state index in [2.05, 4.69) is 0 Å². The molecule has 2 aromatic rings. The van der Waals surface area contributed by atoms with E-state index in [4.69, 9.17) is 14.9 Å². The lowest BCUT2D eigenvalue weighted by Crippen LogP contribution is -2.20. The first-order chi connectivity index (χ1) is 9.17. The first-order valence-corrected chi connectivity index (χ1v) is 6.23. The Kier molecular flexibility index (Phi) is 4.24. The summed E-state index contributed by atoms with van der Waals surface area (Å²) in [5, 5.41) is 10.5. The SMILES string of the molecule is COc1cccc(C(CN)C(O)c2ccoc2C)c1. The Morgan fingerprint density at radius 2 is 2.16 bits per heavy atom. The molecule has 0 aliphatic heterocycles. The zero-order valence-electron chi connectivity index (χ0n) is 11.2. The van der Waals surface area contributed by atoms with Gasteiger partial charge in [0.15, 0.2) is 0 Å². The van der Waals surface area contributed by atoms with Crippen LogP contribution >= 0.6 is 0 Å². The van der Waals surface area contributed by atoms with Gasteiger partial charge >= 0.3 is 0 Å². The maximum absolute atomic E-state index is 10.5. The number of nitrogens with two attached hydrogens (primary N) is 1. The highest BCUT2D eigenvalue weighted by Crippen LogP contribution is 2.33. The second-order valence-corrected chi connectivity index (χ2v) is 4.50. The number of aryl methyl sites for hydroxylation is 1. The molecule has 0 aliphatic rings. The highest BCUT2D eigenvalue weighted by molar-refractivity contribution is 5.34. The molecule has 4 nitrogen and oxygen atoms in total. The first kappa shape index (κ1) is 13.6. The van der Waals surface area contributed by atoms with Crippen LogP contribution in [0.5, 0.6) is 5.75 Å². The van der Waals surface area contributed by atoms with Crippen molar-refractivity contribution in [2.75, 3.05) is 13.7 Å². The van der Waals surface area contributed by atoms with Gasteiger partial charge in [0.1, 0.15) is 11.5 Å². The second-order valence-electron chi connectivity index (χ2n) is 4.50. The van der Waals surface area contributed by atoms with Crippen molar-refractivity contribution in [3.63, 3.8) is 0 Å². The van der Waals surface area contributed by atoms with Crippen molar-refractivity contribution in [1.82, 2.24) is 0 Å². The maximum atomic E-state index is 10.5. The van der Waals surface area contributed by atoms with Gasteiger partial charge in [0.25, 0.3) is 0 Å². The molecule has 19 heavy (non-hydrogen) atoms. The van der Waals surface area contributed by atoms with Gasteiger partial charge in [-0.1, -0.05) is 12.1 Å². The third-order valence-electron chi connectivity index (χ3n) is 3.37. The minimum Gasteiger partial charge on any atom is -0.497 e. The summed E-state index contributed by atoms with van der Waals surface area (Å²) in [5.41, 5.74) is 7.55. The summed E-state index contributed by atoms with van der Waals surface area (Å²) < 4.78 is 10.4.